The van der Waals surface area contributed by atoms with Gasteiger partial charge in [-0.2, -0.15) is 0 Å². The lowest BCUT2D eigenvalue weighted by molar-refractivity contribution is -0.130. The van der Waals surface area contributed by atoms with Gasteiger partial charge in [0.1, 0.15) is 18.3 Å². The number of hydrogen-bond donors (Lipinski definition) is 0. The molecule has 0 aliphatic carbocycles. The van der Waals surface area contributed by atoms with Crippen molar-refractivity contribution in [3.8, 4) is 0 Å². The number of urea groups is 1. The first-order chi connectivity index (χ1) is 11.8. The second kappa shape index (κ2) is 6.11. The lowest BCUT2D eigenvalue weighted by atomic mass is 10.0. The minimum atomic E-state index is -0.506. The van der Waals surface area contributed by atoms with E-state index in [1.54, 1.807) is 11.1 Å². The van der Waals surface area contributed by atoms with Crippen LogP contribution in [0.25, 0.3) is 0 Å². The van der Waals surface area contributed by atoms with Crippen LogP contribution in [0.1, 0.15) is 36.8 Å². The van der Waals surface area contributed by atoms with Gasteiger partial charge in [-0.05, 0) is 24.8 Å². The summed E-state index contributed by atoms with van der Waals surface area (Å²) < 4.78 is 5.45. The topological polar surface area (TPSA) is 66.7 Å². The standard InChI is InChI=1S/C18H19N3O3/c22-17-14-8-4-5-10-20(14)18(23)21(17)15(16-19-9-11-24-16)12-13-6-2-1-3-7-13/h1-3,6-7,9,11,14-15H,4-5,8,10,12H2/t14-,15?/m1/s1. The van der Waals surface area contributed by atoms with Crippen LogP contribution >= 0.6 is 0 Å². The third-order valence-corrected chi connectivity index (χ3v) is 4.80. The molecule has 0 spiro atoms. The van der Waals surface area contributed by atoms with Crippen LogP contribution in [0, 0.1) is 0 Å². The molecule has 6 heteroatoms. The molecular weight excluding hydrogens is 306 g/mol. The number of nitrogens with zero attached hydrogens (tertiary/aromatic N) is 3. The number of aromatic nitrogens is 1. The van der Waals surface area contributed by atoms with Crippen LogP contribution in [-0.4, -0.2) is 39.3 Å². The highest BCUT2D eigenvalue weighted by molar-refractivity contribution is 6.04. The van der Waals surface area contributed by atoms with Gasteiger partial charge in [-0.1, -0.05) is 30.3 Å². The fraction of sp³-hybridized carbons (Fsp3) is 0.389. The number of benzene rings is 1. The summed E-state index contributed by atoms with van der Waals surface area (Å²) in [4.78, 5) is 33.0. The van der Waals surface area contributed by atoms with E-state index < -0.39 is 6.04 Å². The Morgan fingerprint density at radius 1 is 1.21 bits per heavy atom. The van der Waals surface area contributed by atoms with Crippen molar-refractivity contribution in [1.82, 2.24) is 14.8 Å². The van der Waals surface area contributed by atoms with Gasteiger partial charge in [0.05, 0.1) is 6.20 Å². The number of carbonyl (C=O) groups excluding carboxylic acids is 2. The maximum Gasteiger partial charge on any atom is 0.328 e. The van der Waals surface area contributed by atoms with Gasteiger partial charge < -0.3 is 9.32 Å². The number of piperidine rings is 1. The van der Waals surface area contributed by atoms with Crippen molar-refractivity contribution in [2.24, 2.45) is 0 Å². The average Bonchev–Trinajstić information content (AvgIpc) is 3.23. The second-order valence-electron chi connectivity index (χ2n) is 6.27. The molecule has 3 amide bonds. The van der Waals surface area contributed by atoms with Crippen molar-refractivity contribution >= 4 is 11.9 Å². The van der Waals surface area contributed by atoms with E-state index in [-0.39, 0.29) is 18.0 Å². The summed E-state index contributed by atoms with van der Waals surface area (Å²) in [6, 6.07) is 8.74. The fourth-order valence-electron chi connectivity index (χ4n) is 3.62. The van der Waals surface area contributed by atoms with E-state index >= 15 is 0 Å². The van der Waals surface area contributed by atoms with E-state index in [1.807, 2.05) is 30.3 Å². The number of carbonyl (C=O) groups is 2. The van der Waals surface area contributed by atoms with Crippen molar-refractivity contribution in [2.75, 3.05) is 6.54 Å². The second-order valence-corrected chi connectivity index (χ2v) is 6.27. The smallest absolute Gasteiger partial charge is 0.328 e. The summed E-state index contributed by atoms with van der Waals surface area (Å²) in [7, 11) is 0. The third-order valence-electron chi connectivity index (χ3n) is 4.80. The Labute approximate surface area is 140 Å². The molecule has 1 aromatic carbocycles. The number of hydrogen-bond acceptors (Lipinski definition) is 4. The summed E-state index contributed by atoms with van der Waals surface area (Å²) in [5, 5.41) is 0. The van der Waals surface area contributed by atoms with Gasteiger partial charge in [-0.25, -0.2) is 14.7 Å². The average molecular weight is 325 g/mol. The Bertz CT molecular complexity index is 705. The minimum absolute atomic E-state index is 0.126. The summed E-state index contributed by atoms with van der Waals surface area (Å²) in [6.45, 7) is 0.648. The number of imide groups is 1. The van der Waals surface area contributed by atoms with Gasteiger partial charge in [0.2, 0.25) is 5.89 Å². The number of rotatable bonds is 4. The van der Waals surface area contributed by atoms with E-state index in [0.29, 0.717) is 18.9 Å². The first-order valence-electron chi connectivity index (χ1n) is 8.32. The Balaban J connectivity index is 1.68. The fourth-order valence-corrected chi connectivity index (χ4v) is 3.62. The normalized spacial score (nSPS) is 21.9. The summed E-state index contributed by atoms with van der Waals surface area (Å²) in [5.41, 5.74) is 1.03. The van der Waals surface area contributed by atoms with Gasteiger partial charge in [0.25, 0.3) is 5.91 Å². The van der Waals surface area contributed by atoms with Crippen LogP contribution in [0.15, 0.2) is 47.2 Å². The van der Waals surface area contributed by atoms with Gasteiger partial charge in [0.15, 0.2) is 0 Å². The molecule has 124 valence electrons. The Hall–Kier alpha value is -2.63. The molecule has 4 rings (SSSR count). The largest absolute Gasteiger partial charge is 0.447 e. The molecule has 0 saturated carbocycles. The molecular formula is C18H19N3O3. The molecule has 2 atom stereocenters. The molecule has 0 bridgehead atoms. The minimum Gasteiger partial charge on any atom is -0.447 e. The first kappa shape index (κ1) is 14.9. The summed E-state index contributed by atoms with van der Waals surface area (Å²) in [5.74, 6) is 0.277. The Kier molecular flexibility index (Phi) is 3.80. The zero-order valence-corrected chi connectivity index (χ0v) is 13.3. The quantitative estimate of drug-likeness (QED) is 0.811. The van der Waals surface area contributed by atoms with Crippen LogP contribution in [0.2, 0.25) is 0 Å². The van der Waals surface area contributed by atoms with Crippen molar-refractivity contribution in [3.05, 3.63) is 54.2 Å². The van der Waals surface area contributed by atoms with Gasteiger partial charge >= 0.3 is 6.03 Å². The monoisotopic (exact) mass is 325 g/mol. The highest BCUT2D eigenvalue weighted by Gasteiger charge is 2.49. The lowest BCUT2D eigenvalue weighted by Crippen LogP contribution is -2.39. The van der Waals surface area contributed by atoms with Crippen molar-refractivity contribution in [1.29, 1.82) is 0 Å². The van der Waals surface area contributed by atoms with Gasteiger partial charge in [0, 0.05) is 13.0 Å². The molecule has 6 nitrogen and oxygen atoms in total. The molecule has 0 N–H and O–H groups in total. The van der Waals surface area contributed by atoms with Crippen molar-refractivity contribution in [2.45, 2.75) is 37.8 Å². The molecule has 2 aliphatic heterocycles. The van der Waals surface area contributed by atoms with Crippen LogP contribution in [0.4, 0.5) is 4.79 Å². The van der Waals surface area contributed by atoms with Gasteiger partial charge in [-0.3, -0.25) is 4.79 Å². The highest BCUT2D eigenvalue weighted by atomic mass is 16.3. The van der Waals surface area contributed by atoms with Crippen LogP contribution < -0.4 is 0 Å². The van der Waals surface area contributed by atoms with E-state index in [0.717, 1.165) is 24.8 Å². The number of amides is 3. The predicted octanol–water partition coefficient (Wildman–Crippen LogP) is 2.78. The molecule has 3 heterocycles. The molecule has 2 aromatic rings. The van der Waals surface area contributed by atoms with Crippen LogP contribution in [-0.2, 0) is 11.2 Å². The maximum absolute atomic E-state index is 12.9. The maximum atomic E-state index is 12.9. The molecule has 2 aliphatic rings. The van der Waals surface area contributed by atoms with Crippen LogP contribution in [0.5, 0.6) is 0 Å². The molecule has 24 heavy (non-hydrogen) atoms. The van der Waals surface area contributed by atoms with Gasteiger partial charge in [-0.15, -0.1) is 0 Å². The van der Waals surface area contributed by atoms with E-state index in [4.69, 9.17) is 4.42 Å². The lowest BCUT2D eigenvalue weighted by Gasteiger charge is -2.26. The molecule has 1 aromatic heterocycles. The molecule has 2 fully saturated rings. The highest BCUT2D eigenvalue weighted by Crippen LogP contribution is 2.34. The Morgan fingerprint density at radius 3 is 2.75 bits per heavy atom. The number of oxazole rings is 1. The van der Waals surface area contributed by atoms with E-state index in [2.05, 4.69) is 4.98 Å². The zero-order chi connectivity index (χ0) is 16.5. The summed E-state index contributed by atoms with van der Waals surface area (Å²) in [6.07, 6.45) is 6.20. The van der Waals surface area contributed by atoms with E-state index in [1.165, 1.54) is 11.2 Å². The SMILES string of the molecule is O=C1[C@H]2CCCCN2C(=O)N1C(Cc1ccccc1)c1ncco1. The molecule has 2 saturated heterocycles. The zero-order valence-electron chi connectivity index (χ0n) is 13.3. The Morgan fingerprint density at radius 2 is 2.04 bits per heavy atom. The van der Waals surface area contributed by atoms with Crippen LogP contribution in [0.3, 0.4) is 0 Å². The van der Waals surface area contributed by atoms with Crippen molar-refractivity contribution in [3.63, 3.8) is 0 Å². The third kappa shape index (κ3) is 2.48. The van der Waals surface area contributed by atoms with E-state index in [9.17, 15) is 9.59 Å². The number of fused-ring (bicyclic) bond motifs is 1. The first-order valence-corrected chi connectivity index (χ1v) is 8.32. The predicted molar refractivity (Wildman–Crippen MR) is 86.0 cm³/mol. The molecule has 0 radical (unpaired) electrons. The summed E-state index contributed by atoms with van der Waals surface area (Å²) >= 11 is 0. The van der Waals surface area contributed by atoms with Crippen molar-refractivity contribution < 1.29 is 14.0 Å². The molecule has 1 unspecified atom stereocenters.